The summed E-state index contributed by atoms with van der Waals surface area (Å²) in [5.41, 5.74) is 5.84. The van der Waals surface area contributed by atoms with E-state index in [1.54, 1.807) is 0 Å². The van der Waals surface area contributed by atoms with Crippen molar-refractivity contribution in [3.63, 3.8) is 0 Å². The maximum Gasteiger partial charge on any atom is 0.0822 e. The highest BCUT2D eigenvalue weighted by Gasteiger charge is 1.87. The Hall–Kier alpha value is -0.500. The molecule has 0 aliphatic carbocycles. The summed E-state index contributed by atoms with van der Waals surface area (Å²) in [5, 5.41) is 8.39. The molecule has 0 saturated heterocycles. The molecule has 0 aromatic heterocycles. The van der Waals surface area contributed by atoms with E-state index in [2.05, 4.69) is 0 Å². The molecule has 0 saturated carbocycles. The molecule has 0 heterocycles. The monoisotopic (exact) mass is 115 g/mol. The Kier molecular flexibility index (Phi) is 3.28. The van der Waals surface area contributed by atoms with Gasteiger partial charge in [-0.05, 0) is 5.92 Å². The van der Waals surface area contributed by atoms with Gasteiger partial charge in [-0.15, -0.1) is 0 Å². The third kappa shape index (κ3) is 3.68. The lowest BCUT2D eigenvalue weighted by Crippen LogP contribution is -2.03. The number of hydrogen-bond donors (Lipinski definition) is 2. The highest BCUT2D eigenvalue weighted by atomic mass is 16.3. The first-order valence-electron chi connectivity index (χ1n) is 2.74. The fraction of sp³-hybridized carbons (Fsp3) is 0.667. The largest absolute Gasteiger partial charge is 0.400 e. The van der Waals surface area contributed by atoms with Gasteiger partial charge in [0, 0.05) is 5.70 Å². The van der Waals surface area contributed by atoms with E-state index in [9.17, 15) is 0 Å². The molecule has 0 rings (SSSR count). The molecule has 2 nitrogen and oxygen atoms in total. The van der Waals surface area contributed by atoms with E-state index < -0.39 is 0 Å². The summed E-state index contributed by atoms with van der Waals surface area (Å²) < 4.78 is 0. The molecule has 0 aromatic rings. The highest BCUT2D eigenvalue weighted by Crippen LogP contribution is 1.95. The molecule has 0 aliphatic rings. The zero-order chi connectivity index (χ0) is 6.57. The van der Waals surface area contributed by atoms with Gasteiger partial charge in [0.05, 0.1) is 6.61 Å². The molecule has 8 heavy (non-hydrogen) atoms. The Labute approximate surface area is 50.0 Å². The van der Waals surface area contributed by atoms with Crippen molar-refractivity contribution in [2.45, 2.75) is 13.8 Å². The second kappa shape index (κ2) is 3.50. The Morgan fingerprint density at radius 3 is 2.38 bits per heavy atom. The number of hydrogen-bond acceptors (Lipinski definition) is 2. The number of aliphatic hydroxyl groups is 1. The molecule has 0 bridgehead atoms. The van der Waals surface area contributed by atoms with E-state index in [1.165, 1.54) is 0 Å². The van der Waals surface area contributed by atoms with Crippen LogP contribution >= 0.6 is 0 Å². The van der Waals surface area contributed by atoms with Crippen LogP contribution in [-0.4, -0.2) is 11.7 Å². The lowest BCUT2D eigenvalue weighted by atomic mass is 10.2. The van der Waals surface area contributed by atoms with Crippen LogP contribution in [-0.2, 0) is 0 Å². The first-order chi connectivity index (χ1) is 3.66. The predicted octanol–water partition coefficient (Wildman–Crippen LogP) is 0.477. The van der Waals surface area contributed by atoms with E-state index in [4.69, 9.17) is 10.8 Å². The third-order valence-electron chi connectivity index (χ3n) is 0.730. The second-order valence-electron chi connectivity index (χ2n) is 2.14. The summed E-state index contributed by atoms with van der Waals surface area (Å²) >= 11 is 0. The van der Waals surface area contributed by atoms with Gasteiger partial charge >= 0.3 is 0 Å². The fourth-order valence-electron chi connectivity index (χ4n) is 0.481. The van der Waals surface area contributed by atoms with Gasteiger partial charge in [0.2, 0.25) is 0 Å². The SMILES string of the molecule is CC(C)/C=C(/N)CO. The van der Waals surface area contributed by atoms with Crippen LogP contribution in [0.15, 0.2) is 11.8 Å². The van der Waals surface area contributed by atoms with Gasteiger partial charge in [0.15, 0.2) is 0 Å². The van der Waals surface area contributed by atoms with Gasteiger partial charge in [-0.2, -0.15) is 0 Å². The van der Waals surface area contributed by atoms with Gasteiger partial charge in [-0.1, -0.05) is 19.9 Å². The topological polar surface area (TPSA) is 46.2 Å². The maximum absolute atomic E-state index is 8.39. The van der Waals surface area contributed by atoms with Crippen LogP contribution in [0.25, 0.3) is 0 Å². The average molecular weight is 115 g/mol. The number of nitrogens with two attached hydrogens (primary N) is 1. The summed E-state index contributed by atoms with van der Waals surface area (Å²) in [6, 6.07) is 0. The number of aliphatic hydroxyl groups excluding tert-OH is 1. The lowest BCUT2D eigenvalue weighted by Gasteiger charge is -1.96. The normalized spacial score (nSPS) is 12.8. The van der Waals surface area contributed by atoms with Gasteiger partial charge in [-0.25, -0.2) is 0 Å². The fourth-order valence-corrected chi connectivity index (χ4v) is 0.481. The molecule has 0 atom stereocenters. The quantitative estimate of drug-likeness (QED) is 0.549. The number of allylic oxidation sites excluding steroid dienone is 1. The maximum atomic E-state index is 8.39. The predicted molar refractivity (Wildman–Crippen MR) is 34.2 cm³/mol. The molecule has 3 N–H and O–H groups in total. The molecule has 0 spiro atoms. The zero-order valence-corrected chi connectivity index (χ0v) is 5.39. The summed E-state index contributed by atoms with van der Waals surface area (Å²) in [6.07, 6.45) is 1.83. The van der Waals surface area contributed by atoms with Gasteiger partial charge in [0.25, 0.3) is 0 Å². The summed E-state index contributed by atoms with van der Waals surface area (Å²) in [5.74, 6) is 0.433. The van der Waals surface area contributed by atoms with Crippen molar-refractivity contribution in [1.29, 1.82) is 0 Å². The second-order valence-corrected chi connectivity index (χ2v) is 2.14. The van der Waals surface area contributed by atoms with Crippen LogP contribution in [0.1, 0.15) is 13.8 Å². The molecule has 0 unspecified atom stereocenters. The van der Waals surface area contributed by atoms with Crippen LogP contribution < -0.4 is 5.73 Å². The summed E-state index contributed by atoms with van der Waals surface area (Å²) in [7, 11) is 0. The van der Waals surface area contributed by atoms with Crippen molar-refractivity contribution in [3.05, 3.63) is 11.8 Å². The molecular weight excluding hydrogens is 102 g/mol. The highest BCUT2D eigenvalue weighted by molar-refractivity contribution is 4.97. The van der Waals surface area contributed by atoms with Crippen LogP contribution in [0.2, 0.25) is 0 Å². The minimum atomic E-state index is -0.0296. The third-order valence-corrected chi connectivity index (χ3v) is 0.730. The Morgan fingerprint density at radius 1 is 1.75 bits per heavy atom. The van der Waals surface area contributed by atoms with Gasteiger partial charge < -0.3 is 10.8 Å². The molecule has 0 aromatic carbocycles. The Balaban J connectivity index is 3.56. The van der Waals surface area contributed by atoms with Crippen molar-refractivity contribution in [1.82, 2.24) is 0 Å². The average Bonchev–Trinajstić information content (AvgIpc) is 1.65. The van der Waals surface area contributed by atoms with Crippen molar-refractivity contribution < 1.29 is 5.11 Å². The molecule has 48 valence electrons. The van der Waals surface area contributed by atoms with E-state index in [0.717, 1.165) is 0 Å². The standard InChI is InChI=1S/C6H13NO/c1-5(2)3-6(7)4-8/h3,5,8H,4,7H2,1-2H3/b6-3+. The molecular formula is C6H13NO. The van der Waals surface area contributed by atoms with Gasteiger partial charge in [-0.3, -0.25) is 0 Å². The van der Waals surface area contributed by atoms with Crippen LogP contribution in [0.3, 0.4) is 0 Å². The van der Waals surface area contributed by atoms with Gasteiger partial charge in [0.1, 0.15) is 0 Å². The van der Waals surface area contributed by atoms with E-state index in [0.29, 0.717) is 11.6 Å². The smallest absolute Gasteiger partial charge is 0.0822 e. The first-order valence-corrected chi connectivity index (χ1v) is 2.74. The zero-order valence-electron chi connectivity index (χ0n) is 5.39. The van der Waals surface area contributed by atoms with Crippen LogP contribution in [0, 0.1) is 5.92 Å². The molecule has 0 fully saturated rings. The van der Waals surface area contributed by atoms with E-state index >= 15 is 0 Å². The summed E-state index contributed by atoms with van der Waals surface area (Å²) in [4.78, 5) is 0. The van der Waals surface area contributed by atoms with Crippen molar-refractivity contribution >= 4 is 0 Å². The molecule has 2 heteroatoms. The van der Waals surface area contributed by atoms with Crippen LogP contribution in [0.4, 0.5) is 0 Å². The van der Waals surface area contributed by atoms with E-state index in [-0.39, 0.29) is 6.61 Å². The minimum absolute atomic E-state index is 0.0296. The van der Waals surface area contributed by atoms with Crippen molar-refractivity contribution in [2.75, 3.05) is 6.61 Å². The molecule has 0 aliphatic heterocycles. The van der Waals surface area contributed by atoms with E-state index in [1.807, 2.05) is 19.9 Å². The summed E-state index contributed by atoms with van der Waals surface area (Å²) in [6.45, 7) is 4.00. The minimum Gasteiger partial charge on any atom is -0.400 e. The Morgan fingerprint density at radius 2 is 2.25 bits per heavy atom. The van der Waals surface area contributed by atoms with Crippen molar-refractivity contribution in [2.24, 2.45) is 11.7 Å². The van der Waals surface area contributed by atoms with Crippen molar-refractivity contribution in [3.8, 4) is 0 Å². The molecule has 0 amide bonds. The number of rotatable bonds is 2. The van der Waals surface area contributed by atoms with Crippen LogP contribution in [0.5, 0.6) is 0 Å². The molecule has 0 radical (unpaired) electrons. The lowest BCUT2D eigenvalue weighted by molar-refractivity contribution is 0.328. The Bertz CT molecular complexity index is 86.5. The first kappa shape index (κ1) is 7.50.